The third-order valence-corrected chi connectivity index (χ3v) is 3.30. The van der Waals surface area contributed by atoms with E-state index in [-0.39, 0.29) is 0 Å². The SMILES string of the molecule is COC(=O)N[C@H](C(=O)OC(=O)[C@@H](NC(=O)OC)C(C)(C)C)C(C)(C)C. The molecule has 144 valence electrons. The van der Waals surface area contributed by atoms with Gasteiger partial charge in [0.05, 0.1) is 14.2 Å². The summed E-state index contributed by atoms with van der Waals surface area (Å²) in [6.07, 6.45) is -1.66. The molecule has 0 rings (SSSR count). The minimum Gasteiger partial charge on any atom is -0.453 e. The van der Waals surface area contributed by atoms with Crippen molar-refractivity contribution in [1.82, 2.24) is 10.6 Å². The summed E-state index contributed by atoms with van der Waals surface area (Å²) in [4.78, 5) is 47.6. The molecule has 2 atom stereocenters. The van der Waals surface area contributed by atoms with Crippen LogP contribution in [0.5, 0.6) is 0 Å². The Balaban J connectivity index is 5.33. The Morgan fingerprint density at radius 3 is 1.16 bits per heavy atom. The van der Waals surface area contributed by atoms with Crippen LogP contribution in [0.4, 0.5) is 9.59 Å². The van der Waals surface area contributed by atoms with E-state index in [9.17, 15) is 19.2 Å². The lowest BCUT2D eigenvalue weighted by molar-refractivity contribution is -0.165. The highest BCUT2D eigenvalue weighted by molar-refractivity contribution is 5.94. The predicted octanol–water partition coefficient (Wildman–Crippen LogP) is 1.60. The van der Waals surface area contributed by atoms with Gasteiger partial charge in [-0.15, -0.1) is 0 Å². The van der Waals surface area contributed by atoms with Gasteiger partial charge in [0.2, 0.25) is 0 Å². The third kappa shape index (κ3) is 7.40. The van der Waals surface area contributed by atoms with Crippen molar-refractivity contribution in [3.63, 3.8) is 0 Å². The topological polar surface area (TPSA) is 120 Å². The van der Waals surface area contributed by atoms with Gasteiger partial charge in [-0.1, -0.05) is 41.5 Å². The first kappa shape index (κ1) is 22.7. The molecule has 0 aliphatic heterocycles. The maximum atomic E-state index is 12.4. The molecule has 2 N–H and O–H groups in total. The van der Waals surface area contributed by atoms with E-state index in [1.54, 1.807) is 41.5 Å². The molecule has 9 heteroatoms. The Hall–Kier alpha value is -2.32. The zero-order valence-corrected chi connectivity index (χ0v) is 16.0. The lowest BCUT2D eigenvalue weighted by atomic mass is 9.86. The number of hydrogen-bond donors (Lipinski definition) is 2. The summed E-state index contributed by atoms with van der Waals surface area (Å²) >= 11 is 0. The summed E-state index contributed by atoms with van der Waals surface area (Å²) in [6, 6.07) is -2.25. The molecular formula is C16H28N2O7. The summed E-state index contributed by atoms with van der Waals surface area (Å²) < 4.78 is 13.9. The molecule has 0 aromatic carbocycles. The molecule has 0 aliphatic carbocycles. The summed E-state index contributed by atoms with van der Waals surface area (Å²) in [5.41, 5.74) is -1.48. The van der Waals surface area contributed by atoms with E-state index < -0.39 is 47.0 Å². The van der Waals surface area contributed by atoms with Crippen LogP contribution < -0.4 is 10.6 Å². The molecule has 0 heterocycles. The number of rotatable bonds is 4. The number of nitrogens with one attached hydrogen (secondary N) is 2. The van der Waals surface area contributed by atoms with Crippen molar-refractivity contribution >= 4 is 24.1 Å². The fraction of sp³-hybridized carbons (Fsp3) is 0.750. The first-order valence-corrected chi connectivity index (χ1v) is 7.68. The Bertz CT molecular complexity index is 472. The minimum atomic E-state index is -1.12. The first-order valence-electron chi connectivity index (χ1n) is 7.68. The monoisotopic (exact) mass is 360 g/mol. The molecule has 0 saturated carbocycles. The van der Waals surface area contributed by atoms with Crippen molar-refractivity contribution in [2.75, 3.05) is 14.2 Å². The normalized spacial score (nSPS) is 13.9. The van der Waals surface area contributed by atoms with Gasteiger partial charge in [0, 0.05) is 0 Å². The Kier molecular flexibility index (Phi) is 7.88. The number of alkyl carbamates (subject to hydrolysis) is 2. The largest absolute Gasteiger partial charge is 0.453 e. The van der Waals surface area contributed by atoms with Crippen LogP contribution in [0.3, 0.4) is 0 Å². The van der Waals surface area contributed by atoms with Gasteiger partial charge in [0.25, 0.3) is 0 Å². The lowest BCUT2D eigenvalue weighted by Gasteiger charge is -2.31. The van der Waals surface area contributed by atoms with Crippen molar-refractivity contribution in [2.45, 2.75) is 53.6 Å². The second kappa shape index (κ2) is 8.68. The smallest absolute Gasteiger partial charge is 0.407 e. The second-order valence-corrected chi connectivity index (χ2v) is 7.61. The highest BCUT2D eigenvalue weighted by Crippen LogP contribution is 2.23. The van der Waals surface area contributed by atoms with E-state index in [0.29, 0.717) is 0 Å². The van der Waals surface area contributed by atoms with Gasteiger partial charge < -0.3 is 24.8 Å². The van der Waals surface area contributed by atoms with Gasteiger partial charge in [-0.3, -0.25) is 0 Å². The molecule has 0 aromatic rings. The summed E-state index contributed by atoms with van der Waals surface area (Å²) in [6.45, 7) is 10.1. The number of carbonyl (C=O) groups excluding carboxylic acids is 4. The number of amides is 2. The molecule has 0 fully saturated rings. The van der Waals surface area contributed by atoms with E-state index in [1.165, 1.54) is 0 Å². The van der Waals surface area contributed by atoms with Crippen LogP contribution in [0.1, 0.15) is 41.5 Å². The van der Waals surface area contributed by atoms with Crippen LogP contribution in [-0.2, 0) is 23.8 Å². The molecule has 25 heavy (non-hydrogen) atoms. The van der Waals surface area contributed by atoms with E-state index in [0.717, 1.165) is 14.2 Å². The standard InChI is InChI=1S/C16H28N2O7/c1-15(2,3)9(17-13(21)23-7)11(19)25-12(20)10(16(4,5)6)18-14(22)24-8/h9-10H,1-8H3,(H,17,21)(H,18,22)/t9-,10-/m1/s1. The van der Waals surface area contributed by atoms with Crippen molar-refractivity contribution in [3.05, 3.63) is 0 Å². The van der Waals surface area contributed by atoms with Crippen LogP contribution in [-0.4, -0.2) is 50.4 Å². The van der Waals surface area contributed by atoms with Crippen molar-refractivity contribution < 1.29 is 33.4 Å². The molecule has 0 aliphatic rings. The number of ether oxygens (including phenoxy) is 3. The Labute approximate surface area is 147 Å². The van der Waals surface area contributed by atoms with Crippen molar-refractivity contribution in [3.8, 4) is 0 Å². The second-order valence-electron chi connectivity index (χ2n) is 7.61. The Morgan fingerprint density at radius 2 is 0.960 bits per heavy atom. The number of carbonyl (C=O) groups is 4. The van der Waals surface area contributed by atoms with E-state index >= 15 is 0 Å². The lowest BCUT2D eigenvalue weighted by Crippen LogP contribution is -2.54. The van der Waals surface area contributed by atoms with Crippen LogP contribution >= 0.6 is 0 Å². The van der Waals surface area contributed by atoms with Gasteiger partial charge in [0.1, 0.15) is 12.1 Å². The number of methoxy groups -OCH3 is 2. The number of esters is 2. The highest BCUT2D eigenvalue weighted by atomic mass is 16.6. The van der Waals surface area contributed by atoms with Gasteiger partial charge >= 0.3 is 24.1 Å². The van der Waals surface area contributed by atoms with Gasteiger partial charge in [-0.05, 0) is 10.8 Å². The molecule has 0 spiro atoms. The van der Waals surface area contributed by atoms with E-state index in [1.807, 2.05) is 0 Å². The molecular weight excluding hydrogens is 332 g/mol. The molecule has 0 radical (unpaired) electrons. The van der Waals surface area contributed by atoms with Crippen molar-refractivity contribution in [1.29, 1.82) is 0 Å². The summed E-state index contributed by atoms with van der Waals surface area (Å²) in [5, 5.41) is 4.68. The Morgan fingerprint density at radius 1 is 0.680 bits per heavy atom. The predicted molar refractivity (Wildman–Crippen MR) is 88.7 cm³/mol. The summed E-state index contributed by atoms with van der Waals surface area (Å²) in [7, 11) is 2.31. The maximum absolute atomic E-state index is 12.4. The van der Waals surface area contributed by atoms with Gasteiger partial charge in [-0.25, -0.2) is 19.2 Å². The zero-order valence-electron chi connectivity index (χ0n) is 16.0. The fourth-order valence-corrected chi connectivity index (χ4v) is 1.83. The summed E-state index contributed by atoms with van der Waals surface area (Å²) in [5.74, 6) is -1.91. The molecule has 2 amide bonds. The molecule has 0 bridgehead atoms. The van der Waals surface area contributed by atoms with Crippen LogP contribution in [0.15, 0.2) is 0 Å². The van der Waals surface area contributed by atoms with Crippen LogP contribution in [0.25, 0.3) is 0 Å². The highest BCUT2D eigenvalue weighted by Gasteiger charge is 2.40. The van der Waals surface area contributed by atoms with Crippen LogP contribution in [0.2, 0.25) is 0 Å². The maximum Gasteiger partial charge on any atom is 0.407 e. The average molecular weight is 360 g/mol. The van der Waals surface area contributed by atoms with Crippen molar-refractivity contribution in [2.24, 2.45) is 10.8 Å². The third-order valence-electron chi connectivity index (χ3n) is 3.30. The average Bonchev–Trinajstić information content (AvgIpc) is 2.46. The van der Waals surface area contributed by atoms with E-state index in [2.05, 4.69) is 20.1 Å². The van der Waals surface area contributed by atoms with Crippen LogP contribution in [0, 0.1) is 10.8 Å². The molecule has 0 unspecified atom stereocenters. The minimum absolute atomic E-state index is 0.738. The quantitative estimate of drug-likeness (QED) is 0.444. The molecule has 0 aromatic heterocycles. The van der Waals surface area contributed by atoms with Gasteiger partial charge in [-0.2, -0.15) is 0 Å². The fourth-order valence-electron chi connectivity index (χ4n) is 1.83. The van der Waals surface area contributed by atoms with E-state index in [4.69, 9.17) is 4.74 Å². The number of hydrogen-bond acceptors (Lipinski definition) is 7. The molecule has 9 nitrogen and oxygen atoms in total. The van der Waals surface area contributed by atoms with Gasteiger partial charge in [0.15, 0.2) is 0 Å². The zero-order chi connectivity index (χ0) is 20.0. The molecule has 0 saturated heterocycles. The first-order chi connectivity index (χ1) is 11.2.